The van der Waals surface area contributed by atoms with Crippen LogP contribution in [0.1, 0.15) is 19.8 Å². The lowest BCUT2D eigenvalue weighted by atomic mass is 9.95. The van der Waals surface area contributed by atoms with Crippen molar-refractivity contribution < 1.29 is 19.1 Å². The number of ether oxygens (including phenoxy) is 1. The van der Waals surface area contributed by atoms with E-state index in [4.69, 9.17) is 16.3 Å². The van der Waals surface area contributed by atoms with Crippen molar-refractivity contribution in [3.05, 3.63) is 23.2 Å². The van der Waals surface area contributed by atoms with E-state index in [1.165, 1.54) is 14.2 Å². The lowest BCUT2D eigenvalue weighted by Crippen LogP contribution is -2.43. The van der Waals surface area contributed by atoms with E-state index in [1.54, 1.807) is 25.1 Å². The molecule has 1 aliphatic heterocycles. The maximum atomic E-state index is 12.1. The van der Waals surface area contributed by atoms with Crippen LogP contribution in [-0.4, -0.2) is 42.6 Å². The first-order chi connectivity index (χ1) is 11.3. The molecule has 1 aromatic rings. The smallest absolute Gasteiger partial charge is 0.349 e. The molecule has 2 rings (SSSR count). The van der Waals surface area contributed by atoms with Crippen LogP contribution < -0.4 is 10.1 Å². The maximum absolute atomic E-state index is 12.1. The lowest BCUT2D eigenvalue weighted by molar-refractivity contribution is -0.129. The van der Waals surface area contributed by atoms with Crippen LogP contribution in [0.15, 0.2) is 23.2 Å². The standard InChI is InChI=1S/C16H18ClN3O4/c1-9-11(15(22)20(2)16(23)18-9)5-7-14(21)19-10-4-6-13(24-3)12(17)8-10/h4,6,8,11H,5,7H2,1-3H3,(H,19,21). The van der Waals surface area contributed by atoms with Crippen LogP contribution in [0.25, 0.3) is 0 Å². The zero-order chi connectivity index (χ0) is 17.9. The molecule has 0 radical (unpaired) electrons. The summed E-state index contributed by atoms with van der Waals surface area (Å²) in [6, 6.07) is 4.34. The molecular formula is C16H18ClN3O4. The summed E-state index contributed by atoms with van der Waals surface area (Å²) in [5.74, 6) is -0.635. The molecule has 4 amide bonds. The number of anilines is 1. The second-order valence-corrected chi connectivity index (χ2v) is 5.83. The molecule has 1 atom stereocenters. The van der Waals surface area contributed by atoms with Crippen LogP contribution in [0.2, 0.25) is 5.02 Å². The minimum absolute atomic E-state index is 0.120. The maximum Gasteiger partial charge on any atom is 0.349 e. The highest BCUT2D eigenvalue weighted by molar-refractivity contribution is 6.32. The molecule has 0 spiro atoms. The molecule has 24 heavy (non-hydrogen) atoms. The number of carbonyl (C=O) groups excluding carboxylic acids is 3. The molecule has 1 unspecified atom stereocenters. The van der Waals surface area contributed by atoms with Crippen LogP contribution in [0.5, 0.6) is 5.75 Å². The fourth-order valence-electron chi connectivity index (χ4n) is 2.39. The van der Waals surface area contributed by atoms with Gasteiger partial charge in [0, 0.05) is 24.9 Å². The number of methoxy groups -OCH3 is 1. The minimum Gasteiger partial charge on any atom is -0.495 e. The topological polar surface area (TPSA) is 88.1 Å². The van der Waals surface area contributed by atoms with Gasteiger partial charge in [-0.25, -0.2) is 9.79 Å². The van der Waals surface area contributed by atoms with Gasteiger partial charge in [0.05, 0.1) is 18.1 Å². The summed E-state index contributed by atoms with van der Waals surface area (Å²) < 4.78 is 5.05. The third-order valence-electron chi connectivity index (χ3n) is 3.79. The fourth-order valence-corrected chi connectivity index (χ4v) is 2.64. The van der Waals surface area contributed by atoms with Crippen LogP contribution in [0.4, 0.5) is 10.5 Å². The van der Waals surface area contributed by atoms with Gasteiger partial charge in [-0.3, -0.25) is 14.5 Å². The Balaban J connectivity index is 1.96. The van der Waals surface area contributed by atoms with Crippen molar-refractivity contribution in [1.29, 1.82) is 0 Å². The van der Waals surface area contributed by atoms with Crippen molar-refractivity contribution >= 4 is 40.8 Å². The van der Waals surface area contributed by atoms with Gasteiger partial charge in [-0.15, -0.1) is 0 Å². The first kappa shape index (κ1) is 17.9. The van der Waals surface area contributed by atoms with Gasteiger partial charge >= 0.3 is 6.03 Å². The van der Waals surface area contributed by atoms with E-state index in [-0.39, 0.29) is 24.7 Å². The number of amides is 4. The Morgan fingerprint density at radius 1 is 1.42 bits per heavy atom. The van der Waals surface area contributed by atoms with Crippen molar-refractivity contribution in [2.75, 3.05) is 19.5 Å². The molecule has 0 saturated carbocycles. The second-order valence-electron chi connectivity index (χ2n) is 5.42. The average molecular weight is 352 g/mol. The SMILES string of the molecule is COc1ccc(NC(=O)CCC2C(=O)N(C)C(=O)N=C2C)cc1Cl. The number of rotatable bonds is 5. The molecule has 1 aliphatic rings. The molecule has 0 saturated heterocycles. The number of halogens is 1. The third-order valence-corrected chi connectivity index (χ3v) is 4.08. The molecule has 0 aliphatic carbocycles. The summed E-state index contributed by atoms with van der Waals surface area (Å²) in [5.41, 5.74) is 0.974. The number of hydrogen-bond acceptors (Lipinski definition) is 4. The highest BCUT2D eigenvalue weighted by Crippen LogP contribution is 2.27. The van der Waals surface area contributed by atoms with Gasteiger partial charge in [0.15, 0.2) is 0 Å². The van der Waals surface area contributed by atoms with Gasteiger partial charge < -0.3 is 10.1 Å². The Morgan fingerprint density at radius 3 is 2.75 bits per heavy atom. The predicted octanol–water partition coefficient (Wildman–Crippen LogP) is 2.74. The summed E-state index contributed by atoms with van der Waals surface area (Å²) in [6.07, 6.45) is 0.399. The molecule has 1 N–H and O–H groups in total. The van der Waals surface area contributed by atoms with Crippen molar-refractivity contribution in [2.45, 2.75) is 19.8 Å². The number of carbonyl (C=O) groups is 3. The molecule has 0 fully saturated rings. The summed E-state index contributed by atoms with van der Waals surface area (Å²) >= 11 is 6.01. The second kappa shape index (κ2) is 7.44. The van der Waals surface area contributed by atoms with E-state index in [1.807, 2.05) is 0 Å². The zero-order valence-corrected chi connectivity index (χ0v) is 14.4. The molecule has 1 heterocycles. The van der Waals surface area contributed by atoms with Crippen LogP contribution in [0.3, 0.4) is 0 Å². The first-order valence-corrected chi connectivity index (χ1v) is 7.71. The summed E-state index contributed by atoms with van der Waals surface area (Å²) in [7, 11) is 2.89. The van der Waals surface area contributed by atoms with Crippen molar-refractivity contribution in [3.63, 3.8) is 0 Å². The number of aliphatic imine (C=N–C) groups is 1. The summed E-state index contributed by atoms with van der Waals surface area (Å²) in [5, 5.41) is 3.10. The average Bonchev–Trinajstić information content (AvgIpc) is 2.53. The number of nitrogens with zero attached hydrogens (tertiary/aromatic N) is 2. The number of hydrogen-bond donors (Lipinski definition) is 1. The minimum atomic E-state index is -0.578. The number of benzene rings is 1. The van der Waals surface area contributed by atoms with Gasteiger partial charge in [-0.2, -0.15) is 0 Å². The first-order valence-electron chi connectivity index (χ1n) is 7.33. The number of nitrogens with one attached hydrogen (secondary N) is 1. The van der Waals surface area contributed by atoms with E-state index in [9.17, 15) is 14.4 Å². The van der Waals surface area contributed by atoms with Crippen LogP contribution in [-0.2, 0) is 9.59 Å². The Morgan fingerprint density at radius 2 is 2.12 bits per heavy atom. The summed E-state index contributed by atoms with van der Waals surface area (Å²) in [6.45, 7) is 1.62. The van der Waals surface area contributed by atoms with E-state index < -0.39 is 11.9 Å². The molecular weight excluding hydrogens is 334 g/mol. The number of imide groups is 1. The van der Waals surface area contributed by atoms with E-state index in [0.717, 1.165) is 4.90 Å². The molecule has 7 nitrogen and oxygen atoms in total. The molecule has 0 bridgehead atoms. The van der Waals surface area contributed by atoms with Crippen LogP contribution >= 0.6 is 11.6 Å². The Kier molecular flexibility index (Phi) is 5.56. The highest BCUT2D eigenvalue weighted by atomic mass is 35.5. The third kappa shape index (κ3) is 3.91. The lowest BCUT2D eigenvalue weighted by Gasteiger charge is -2.25. The Bertz CT molecular complexity index is 717. The van der Waals surface area contributed by atoms with Gasteiger partial charge in [-0.1, -0.05) is 11.6 Å². The van der Waals surface area contributed by atoms with Crippen LogP contribution in [0, 0.1) is 5.92 Å². The van der Waals surface area contributed by atoms with Gasteiger partial charge in [0.2, 0.25) is 11.8 Å². The van der Waals surface area contributed by atoms with Gasteiger partial charge in [-0.05, 0) is 31.5 Å². The largest absolute Gasteiger partial charge is 0.495 e. The summed E-state index contributed by atoms with van der Waals surface area (Å²) in [4.78, 5) is 40.4. The quantitative estimate of drug-likeness (QED) is 0.883. The van der Waals surface area contributed by atoms with Gasteiger partial charge in [0.1, 0.15) is 5.75 Å². The normalized spacial score (nSPS) is 17.6. The van der Waals surface area contributed by atoms with Crippen molar-refractivity contribution in [2.24, 2.45) is 10.9 Å². The molecule has 0 aromatic heterocycles. The van der Waals surface area contributed by atoms with E-state index in [0.29, 0.717) is 22.2 Å². The van der Waals surface area contributed by atoms with Crippen molar-refractivity contribution in [1.82, 2.24) is 4.90 Å². The predicted molar refractivity (Wildman–Crippen MR) is 90.6 cm³/mol. The Hall–Kier alpha value is -2.41. The van der Waals surface area contributed by atoms with Gasteiger partial charge in [0.25, 0.3) is 0 Å². The highest BCUT2D eigenvalue weighted by Gasteiger charge is 2.33. The molecule has 8 heteroatoms. The van der Waals surface area contributed by atoms with E-state index in [2.05, 4.69) is 10.3 Å². The molecule has 1 aromatic carbocycles. The molecule has 128 valence electrons. The fraction of sp³-hybridized carbons (Fsp3) is 0.375. The number of urea groups is 1. The Labute approximate surface area is 144 Å². The van der Waals surface area contributed by atoms with E-state index >= 15 is 0 Å². The van der Waals surface area contributed by atoms with Crippen molar-refractivity contribution in [3.8, 4) is 5.75 Å². The zero-order valence-electron chi connectivity index (χ0n) is 13.6. The monoisotopic (exact) mass is 351 g/mol.